The minimum atomic E-state index is -0.0694. The Labute approximate surface area is 367 Å². The normalized spacial score (nSPS) is 19.1. The van der Waals surface area contributed by atoms with Crippen molar-refractivity contribution in [3.05, 3.63) is 198 Å². The van der Waals surface area contributed by atoms with E-state index in [1.807, 2.05) is 18.2 Å². The Hall–Kier alpha value is -7.44. The topological polar surface area (TPSA) is 61.4 Å². The fraction of sp³-hybridized carbons (Fsp3) is 0.158. The SMILES string of the molecule is CC1CC=Cc2c1c1c(n2-c2ccc(-c3nc(-c4ccccc4)nc(C4C=CC(c5nc6ccccc6c6c5c5ccccc5n6-c5ccccc5)=CC4C)n3)cc2)[C@@H](C)CC=C1. The van der Waals surface area contributed by atoms with Crippen molar-refractivity contribution in [3.63, 3.8) is 0 Å². The number of para-hydroxylation sites is 3. The number of nitrogens with zero attached hydrogens (tertiary/aromatic N) is 6. The third-order valence-electron chi connectivity index (χ3n) is 13.5. The van der Waals surface area contributed by atoms with E-state index in [0.717, 1.165) is 68.6 Å². The minimum absolute atomic E-state index is 0.0694. The predicted octanol–water partition coefficient (Wildman–Crippen LogP) is 14.1. The molecule has 9 aromatic rings. The Morgan fingerprint density at radius 1 is 0.556 bits per heavy atom. The molecule has 5 aromatic carbocycles. The second-order valence-corrected chi connectivity index (χ2v) is 17.5. The highest BCUT2D eigenvalue weighted by atomic mass is 15.0. The molecule has 0 fully saturated rings. The van der Waals surface area contributed by atoms with Crippen molar-refractivity contribution in [3.8, 4) is 34.2 Å². The fourth-order valence-corrected chi connectivity index (χ4v) is 10.5. The molecule has 0 amide bonds. The van der Waals surface area contributed by atoms with Crippen LogP contribution in [0.1, 0.15) is 85.4 Å². The minimum Gasteiger partial charge on any atom is -0.313 e. The van der Waals surface area contributed by atoms with E-state index in [1.165, 1.54) is 39.1 Å². The molecule has 12 rings (SSSR count). The highest BCUT2D eigenvalue weighted by molar-refractivity contribution is 6.21. The lowest BCUT2D eigenvalue weighted by molar-refractivity contribution is 0.602. The molecule has 4 heterocycles. The summed E-state index contributed by atoms with van der Waals surface area (Å²) in [4.78, 5) is 21.0. The predicted molar refractivity (Wildman–Crippen MR) is 259 cm³/mol. The van der Waals surface area contributed by atoms with Crippen molar-refractivity contribution in [2.24, 2.45) is 5.92 Å². The summed E-state index contributed by atoms with van der Waals surface area (Å²) in [6.07, 6.45) is 18.4. The molecular formula is C57H46N6. The Balaban J connectivity index is 0.956. The molecule has 0 N–H and O–H groups in total. The third kappa shape index (κ3) is 6.07. The molecule has 4 atom stereocenters. The smallest absolute Gasteiger partial charge is 0.163 e. The average Bonchev–Trinajstić information content (AvgIpc) is 3.87. The number of allylic oxidation sites excluding steroid dienone is 6. The zero-order chi connectivity index (χ0) is 42.2. The van der Waals surface area contributed by atoms with Crippen LogP contribution in [-0.2, 0) is 0 Å². The van der Waals surface area contributed by atoms with Gasteiger partial charge in [-0.2, -0.15) is 0 Å². The molecule has 0 radical (unpaired) electrons. The average molecular weight is 815 g/mol. The molecule has 6 nitrogen and oxygen atoms in total. The van der Waals surface area contributed by atoms with Crippen LogP contribution in [0.15, 0.2) is 164 Å². The molecule has 3 unspecified atom stereocenters. The maximum atomic E-state index is 5.42. The van der Waals surface area contributed by atoms with Gasteiger partial charge in [0, 0.05) is 61.9 Å². The number of rotatable bonds is 6. The van der Waals surface area contributed by atoms with Gasteiger partial charge in [0.05, 0.1) is 22.2 Å². The first kappa shape index (κ1) is 37.3. The van der Waals surface area contributed by atoms with Gasteiger partial charge in [-0.05, 0) is 96.0 Å². The van der Waals surface area contributed by atoms with Crippen molar-refractivity contribution in [2.75, 3.05) is 0 Å². The molecule has 0 spiro atoms. The van der Waals surface area contributed by atoms with Gasteiger partial charge in [0.25, 0.3) is 0 Å². The second kappa shape index (κ2) is 14.9. The standard InChI is InChI=1S/C57H46N6/c1-35-16-15-27-49-50(35)46-24-14-17-36(2)53(46)63(49)42-31-28-39(29-32-42)56-59-55(38-18-6-4-7-19-38)60-57(61-56)43-33-30-40(34-37(43)3)52-51-45-23-11-13-26-48(45)62(41-20-8-5-9-21-41)54(51)44-22-10-12-25-47(44)58-52/h4-15,18-37,43H,16-17H2,1-3H3/t35?,36-,37?,43?/m0/s1. The lowest BCUT2D eigenvalue weighted by atomic mass is 9.84. The van der Waals surface area contributed by atoms with Crippen LogP contribution >= 0.6 is 0 Å². The number of benzene rings is 5. The Morgan fingerprint density at radius 3 is 1.98 bits per heavy atom. The lowest BCUT2D eigenvalue weighted by Gasteiger charge is -2.23. The van der Waals surface area contributed by atoms with E-state index in [4.69, 9.17) is 19.9 Å². The molecule has 3 aliphatic carbocycles. The van der Waals surface area contributed by atoms with Gasteiger partial charge >= 0.3 is 0 Å². The van der Waals surface area contributed by atoms with Gasteiger partial charge in [0.15, 0.2) is 11.6 Å². The zero-order valence-corrected chi connectivity index (χ0v) is 35.7. The summed E-state index contributed by atoms with van der Waals surface area (Å²) in [5.74, 6) is 3.04. The summed E-state index contributed by atoms with van der Waals surface area (Å²) >= 11 is 0. The number of hydrogen-bond donors (Lipinski definition) is 0. The molecule has 0 aliphatic heterocycles. The van der Waals surface area contributed by atoms with Crippen LogP contribution in [0.4, 0.5) is 0 Å². The van der Waals surface area contributed by atoms with E-state index in [0.29, 0.717) is 23.5 Å². The van der Waals surface area contributed by atoms with E-state index in [9.17, 15) is 0 Å². The Morgan fingerprint density at radius 2 is 1.21 bits per heavy atom. The van der Waals surface area contributed by atoms with Crippen LogP contribution in [0, 0.1) is 5.92 Å². The van der Waals surface area contributed by atoms with Crippen molar-refractivity contribution >= 4 is 50.4 Å². The molecule has 0 saturated carbocycles. The number of aromatic nitrogens is 6. The maximum absolute atomic E-state index is 5.42. The van der Waals surface area contributed by atoms with Crippen molar-refractivity contribution in [2.45, 2.75) is 51.4 Å². The van der Waals surface area contributed by atoms with Gasteiger partial charge in [-0.1, -0.05) is 142 Å². The Bertz CT molecular complexity index is 3380. The van der Waals surface area contributed by atoms with E-state index in [2.05, 4.69) is 188 Å². The Kier molecular flexibility index (Phi) is 8.82. The van der Waals surface area contributed by atoms with Crippen LogP contribution in [0.2, 0.25) is 0 Å². The summed E-state index contributed by atoms with van der Waals surface area (Å²) in [5.41, 5.74) is 15.2. The van der Waals surface area contributed by atoms with E-state index in [1.54, 1.807) is 0 Å². The van der Waals surface area contributed by atoms with Gasteiger partial charge in [-0.25, -0.2) is 19.9 Å². The fourth-order valence-electron chi connectivity index (χ4n) is 10.5. The van der Waals surface area contributed by atoms with Crippen molar-refractivity contribution in [1.82, 2.24) is 29.1 Å². The molecule has 3 aliphatic rings. The van der Waals surface area contributed by atoms with Gasteiger partial charge in [0.2, 0.25) is 0 Å². The van der Waals surface area contributed by atoms with Crippen LogP contribution in [0.3, 0.4) is 0 Å². The molecule has 304 valence electrons. The van der Waals surface area contributed by atoms with E-state index in [-0.39, 0.29) is 11.8 Å². The molecular weight excluding hydrogens is 769 g/mol. The van der Waals surface area contributed by atoms with Gasteiger partial charge in [0.1, 0.15) is 5.82 Å². The first-order valence-electron chi connectivity index (χ1n) is 22.3. The molecule has 63 heavy (non-hydrogen) atoms. The summed E-state index contributed by atoms with van der Waals surface area (Å²) in [6, 6.07) is 47.0. The van der Waals surface area contributed by atoms with Crippen molar-refractivity contribution < 1.29 is 0 Å². The lowest BCUT2D eigenvalue weighted by Crippen LogP contribution is -2.15. The van der Waals surface area contributed by atoms with Gasteiger partial charge in [-0.3, -0.25) is 0 Å². The van der Waals surface area contributed by atoms with Gasteiger partial charge in [-0.15, -0.1) is 0 Å². The van der Waals surface area contributed by atoms with Gasteiger partial charge < -0.3 is 9.13 Å². The number of hydrogen-bond acceptors (Lipinski definition) is 4. The van der Waals surface area contributed by atoms with Crippen LogP contribution < -0.4 is 0 Å². The zero-order valence-electron chi connectivity index (χ0n) is 35.7. The highest BCUT2D eigenvalue weighted by Gasteiger charge is 2.31. The molecule has 0 bridgehead atoms. The molecule has 0 saturated heterocycles. The quantitative estimate of drug-likeness (QED) is 0.168. The summed E-state index contributed by atoms with van der Waals surface area (Å²) < 4.78 is 4.90. The van der Waals surface area contributed by atoms with Crippen LogP contribution in [-0.4, -0.2) is 29.1 Å². The largest absolute Gasteiger partial charge is 0.313 e. The van der Waals surface area contributed by atoms with E-state index >= 15 is 0 Å². The first-order valence-corrected chi connectivity index (χ1v) is 22.3. The summed E-state index contributed by atoms with van der Waals surface area (Å²) in [7, 11) is 0. The maximum Gasteiger partial charge on any atom is 0.163 e. The number of fused-ring (bicyclic) bond motifs is 8. The van der Waals surface area contributed by atoms with E-state index < -0.39 is 0 Å². The monoisotopic (exact) mass is 814 g/mol. The molecule has 6 heteroatoms. The van der Waals surface area contributed by atoms with Crippen LogP contribution in [0.5, 0.6) is 0 Å². The second-order valence-electron chi connectivity index (χ2n) is 17.5. The first-order chi connectivity index (χ1) is 31.0. The summed E-state index contributed by atoms with van der Waals surface area (Å²) in [5, 5.41) is 3.47. The highest BCUT2D eigenvalue weighted by Crippen LogP contribution is 2.45. The van der Waals surface area contributed by atoms with Crippen molar-refractivity contribution in [1.29, 1.82) is 0 Å². The number of pyridine rings is 1. The van der Waals surface area contributed by atoms with Crippen LogP contribution in [0.25, 0.3) is 84.6 Å². The molecule has 4 aromatic heterocycles. The third-order valence-corrected chi connectivity index (χ3v) is 13.5. The summed E-state index contributed by atoms with van der Waals surface area (Å²) in [6.45, 7) is 6.98.